The number of rotatable bonds is 5. The number of nitrogens with zero attached hydrogens (tertiary/aromatic N) is 1. The first-order valence-corrected chi connectivity index (χ1v) is 5.45. The predicted octanol–water partition coefficient (Wildman–Crippen LogP) is 0.211. The largest absolute Gasteiger partial charge is 0.508 e. The maximum absolute atomic E-state index is 11.7. The molecule has 0 fully saturated rings. The number of carboxylic acid groups (broad SMARTS) is 1. The van der Waals surface area contributed by atoms with Gasteiger partial charge in [-0.05, 0) is 17.7 Å². The van der Waals surface area contributed by atoms with Gasteiger partial charge in [0.25, 0.3) is 0 Å². The maximum atomic E-state index is 11.7. The molecule has 7 nitrogen and oxygen atoms in total. The molecule has 0 saturated carbocycles. The fourth-order valence-corrected chi connectivity index (χ4v) is 1.48. The molecule has 1 rings (SSSR count). The minimum atomic E-state index is -1.32. The van der Waals surface area contributed by atoms with E-state index in [2.05, 4.69) is 10.6 Å². The smallest absolute Gasteiger partial charge is 0.405 e. The summed E-state index contributed by atoms with van der Waals surface area (Å²) in [6.45, 7) is -0.188. The van der Waals surface area contributed by atoms with Gasteiger partial charge in [-0.25, -0.2) is 4.79 Å². The van der Waals surface area contributed by atoms with Crippen LogP contribution in [0.15, 0.2) is 24.3 Å². The summed E-state index contributed by atoms with van der Waals surface area (Å²) in [5.74, 6) is -0.488. The van der Waals surface area contributed by atoms with Crippen molar-refractivity contribution < 1.29 is 19.8 Å². The van der Waals surface area contributed by atoms with E-state index in [4.69, 9.17) is 15.5 Å². The van der Waals surface area contributed by atoms with Crippen LogP contribution in [-0.2, 0) is 11.2 Å². The van der Waals surface area contributed by atoms with Gasteiger partial charge in [0.05, 0.1) is 6.07 Å². The number of aromatic hydroxyl groups is 1. The Bertz CT molecular complexity index is 493. The van der Waals surface area contributed by atoms with Crippen LogP contribution < -0.4 is 10.6 Å². The van der Waals surface area contributed by atoms with Crippen molar-refractivity contribution in [2.45, 2.75) is 12.5 Å². The van der Waals surface area contributed by atoms with Crippen molar-refractivity contribution >= 4 is 12.0 Å². The number of benzene rings is 1. The topological polar surface area (TPSA) is 122 Å². The van der Waals surface area contributed by atoms with Crippen molar-refractivity contribution in [3.05, 3.63) is 29.8 Å². The predicted molar refractivity (Wildman–Crippen MR) is 65.4 cm³/mol. The average Bonchev–Trinajstić information content (AvgIpc) is 2.37. The highest BCUT2D eigenvalue weighted by Crippen LogP contribution is 2.11. The van der Waals surface area contributed by atoms with Crippen LogP contribution >= 0.6 is 0 Å². The number of hydrogen-bond donors (Lipinski definition) is 4. The van der Waals surface area contributed by atoms with Crippen LogP contribution in [0.3, 0.4) is 0 Å². The molecule has 0 aliphatic heterocycles. The summed E-state index contributed by atoms with van der Waals surface area (Å²) in [7, 11) is 0. The summed E-state index contributed by atoms with van der Waals surface area (Å²) >= 11 is 0. The second-order valence-corrected chi connectivity index (χ2v) is 3.75. The number of hydrogen-bond acceptors (Lipinski definition) is 4. The lowest BCUT2D eigenvalue weighted by atomic mass is 10.1. The highest BCUT2D eigenvalue weighted by atomic mass is 16.4. The van der Waals surface area contributed by atoms with Gasteiger partial charge in [-0.2, -0.15) is 5.26 Å². The van der Waals surface area contributed by atoms with Crippen molar-refractivity contribution in [2.75, 3.05) is 6.54 Å². The zero-order valence-electron chi connectivity index (χ0n) is 9.96. The first-order valence-electron chi connectivity index (χ1n) is 5.45. The van der Waals surface area contributed by atoms with Gasteiger partial charge in [-0.15, -0.1) is 0 Å². The zero-order chi connectivity index (χ0) is 14.3. The van der Waals surface area contributed by atoms with Crippen LogP contribution in [0.1, 0.15) is 5.56 Å². The van der Waals surface area contributed by atoms with E-state index < -0.39 is 18.0 Å². The van der Waals surface area contributed by atoms with Gasteiger partial charge in [0.1, 0.15) is 18.3 Å². The van der Waals surface area contributed by atoms with E-state index in [1.54, 1.807) is 18.2 Å². The van der Waals surface area contributed by atoms with E-state index in [0.717, 1.165) is 0 Å². The number of phenolic OH excluding ortho intramolecular Hbond substituents is 1. The summed E-state index contributed by atoms with van der Waals surface area (Å²) in [4.78, 5) is 22.3. The lowest BCUT2D eigenvalue weighted by molar-refractivity contribution is -0.122. The monoisotopic (exact) mass is 263 g/mol. The third-order valence-electron chi connectivity index (χ3n) is 2.33. The lowest BCUT2D eigenvalue weighted by Gasteiger charge is -2.15. The maximum Gasteiger partial charge on any atom is 0.405 e. The van der Waals surface area contributed by atoms with Crippen molar-refractivity contribution in [1.82, 2.24) is 10.6 Å². The number of amides is 2. The molecular formula is C12H13N3O4. The number of nitrogens with one attached hydrogen (secondary N) is 2. The number of nitriles is 1. The van der Waals surface area contributed by atoms with Gasteiger partial charge in [-0.1, -0.05) is 12.1 Å². The molecule has 0 radical (unpaired) electrons. The Labute approximate surface area is 109 Å². The summed E-state index contributed by atoms with van der Waals surface area (Å²) < 4.78 is 0. The van der Waals surface area contributed by atoms with Crippen LogP contribution in [0, 0.1) is 11.3 Å². The van der Waals surface area contributed by atoms with E-state index >= 15 is 0 Å². The van der Waals surface area contributed by atoms with Crippen molar-refractivity contribution in [2.24, 2.45) is 0 Å². The molecule has 0 bridgehead atoms. The molecule has 0 aromatic heterocycles. The van der Waals surface area contributed by atoms with E-state index in [1.165, 1.54) is 12.1 Å². The Balaban J connectivity index is 2.74. The van der Waals surface area contributed by atoms with E-state index in [9.17, 15) is 9.59 Å². The molecule has 7 heteroatoms. The lowest BCUT2D eigenvalue weighted by Crippen LogP contribution is -2.47. The minimum absolute atomic E-state index is 0.0837. The molecule has 1 atom stereocenters. The van der Waals surface area contributed by atoms with Gasteiger partial charge in [0.15, 0.2) is 0 Å². The molecule has 2 amide bonds. The molecule has 0 heterocycles. The van der Waals surface area contributed by atoms with Crippen molar-refractivity contribution in [3.8, 4) is 11.8 Å². The van der Waals surface area contributed by atoms with Crippen LogP contribution in [0.4, 0.5) is 4.79 Å². The Morgan fingerprint density at radius 2 is 1.95 bits per heavy atom. The standard InChI is InChI=1S/C12H13N3O4/c13-5-6-14-11(17)10(15-12(18)19)7-8-1-3-9(16)4-2-8/h1-4,10,15-16H,6-7H2,(H,14,17)(H,18,19). The third-order valence-corrected chi connectivity index (χ3v) is 2.33. The molecule has 0 aliphatic carbocycles. The summed E-state index contributed by atoms with van der Waals surface area (Å²) in [6, 6.07) is 6.81. The van der Waals surface area contributed by atoms with Crippen LogP contribution in [-0.4, -0.2) is 34.8 Å². The second-order valence-electron chi connectivity index (χ2n) is 3.75. The molecule has 100 valence electrons. The fourth-order valence-electron chi connectivity index (χ4n) is 1.48. The molecule has 1 unspecified atom stereocenters. The molecule has 0 aliphatic rings. The third kappa shape index (κ3) is 4.95. The van der Waals surface area contributed by atoms with Gasteiger partial charge >= 0.3 is 6.09 Å². The molecular weight excluding hydrogens is 250 g/mol. The highest BCUT2D eigenvalue weighted by Gasteiger charge is 2.20. The highest BCUT2D eigenvalue weighted by molar-refractivity contribution is 5.85. The first-order chi connectivity index (χ1) is 9.02. The van der Waals surface area contributed by atoms with Crippen molar-refractivity contribution in [3.63, 3.8) is 0 Å². The second kappa shape index (κ2) is 6.86. The molecule has 1 aromatic rings. The van der Waals surface area contributed by atoms with Crippen LogP contribution in [0.2, 0.25) is 0 Å². The van der Waals surface area contributed by atoms with E-state index in [1.807, 2.05) is 0 Å². The first kappa shape index (κ1) is 14.3. The van der Waals surface area contributed by atoms with Gasteiger partial charge in [0.2, 0.25) is 5.91 Å². The van der Waals surface area contributed by atoms with Crippen LogP contribution in [0.25, 0.3) is 0 Å². The number of phenols is 1. The van der Waals surface area contributed by atoms with Gasteiger partial charge < -0.3 is 20.8 Å². The molecule has 0 saturated heterocycles. The summed E-state index contributed by atoms with van der Waals surface area (Å²) in [6.07, 6.45) is -1.19. The molecule has 0 spiro atoms. The van der Waals surface area contributed by atoms with Crippen molar-refractivity contribution in [1.29, 1.82) is 5.26 Å². The summed E-state index contributed by atoms with van der Waals surface area (Å²) in [5.41, 5.74) is 0.684. The average molecular weight is 263 g/mol. The number of carbonyl (C=O) groups is 2. The molecule has 1 aromatic carbocycles. The SMILES string of the molecule is N#CCNC(=O)C(Cc1ccc(O)cc1)NC(=O)O. The van der Waals surface area contributed by atoms with E-state index in [-0.39, 0.29) is 18.7 Å². The van der Waals surface area contributed by atoms with Gasteiger partial charge in [0, 0.05) is 6.42 Å². The zero-order valence-corrected chi connectivity index (χ0v) is 9.96. The Morgan fingerprint density at radius 3 is 2.47 bits per heavy atom. The Morgan fingerprint density at radius 1 is 1.32 bits per heavy atom. The minimum Gasteiger partial charge on any atom is -0.508 e. The Kier molecular flexibility index (Phi) is 5.17. The summed E-state index contributed by atoms with van der Waals surface area (Å²) in [5, 5.41) is 30.6. The number of carbonyl (C=O) groups excluding carboxylic acids is 1. The Hall–Kier alpha value is -2.75. The van der Waals surface area contributed by atoms with E-state index in [0.29, 0.717) is 5.56 Å². The van der Waals surface area contributed by atoms with Crippen LogP contribution in [0.5, 0.6) is 5.75 Å². The molecule has 4 N–H and O–H groups in total. The normalized spacial score (nSPS) is 11.1. The quantitative estimate of drug-likeness (QED) is 0.565. The van der Waals surface area contributed by atoms with Gasteiger partial charge in [-0.3, -0.25) is 4.79 Å². The molecule has 19 heavy (non-hydrogen) atoms. The fraction of sp³-hybridized carbons (Fsp3) is 0.250.